The molecule has 0 saturated carbocycles. The molecular formula is C22H15N3O2. The van der Waals surface area contributed by atoms with Gasteiger partial charge in [0.25, 0.3) is 5.56 Å². The Morgan fingerprint density at radius 3 is 2.59 bits per heavy atom. The molecule has 4 rings (SSSR count). The van der Waals surface area contributed by atoms with Crippen LogP contribution in [-0.2, 0) is 0 Å². The van der Waals surface area contributed by atoms with Crippen molar-refractivity contribution in [3.05, 3.63) is 82.4 Å². The van der Waals surface area contributed by atoms with Crippen molar-refractivity contribution in [1.29, 1.82) is 5.26 Å². The van der Waals surface area contributed by atoms with Crippen LogP contribution in [0.2, 0.25) is 0 Å². The van der Waals surface area contributed by atoms with Crippen LogP contribution in [-0.4, -0.2) is 17.1 Å². The summed E-state index contributed by atoms with van der Waals surface area (Å²) in [5.41, 5.74) is 1.29. The predicted octanol–water partition coefficient (Wildman–Crippen LogP) is 4.15. The van der Waals surface area contributed by atoms with Gasteiger partial charge in [-0.2, -0.15) is 5.26 Å². The van der Waals surface area contributed by atoms with Crippen LogP contribution >= 0.6 is 0 Å². The Balaban J connectivity index is 1.97. The molecule has 1 heterocycles. The zero-order chi connectivity index (χ0) is 18.8. The minimum Gasteiger partial charge on any atom is -0.496 e. The minimum absolute atomic E-state index is 0.233. The lowest BCUT2D eigenvalue weighted by Crippen LogP contribution is -2.11. The van der Waals surface area contributed by atoms with Gasteiger partial charge >= 0.3 is 0 Å². The lowest BCUT2D eigenvalue weighted by atomic mass is 10.0. The molecular weight excluding hydrogens is 338 g/mol. The molecule has 0 saturated heterocycles. The minimum atomic E-state index is -0.276. The maximum atomic E-state index is 12.4. The van der Waals surface area contributed by atoms with Gasteiger partial charge in [0.2, 0.25) is 0 Å². The van der Waals surface area contributed by atoms with Gasteiger partial charge in [-0.1, -0.05) is 42.5 Å². The number of allylic oxidation sites excluding steroid dienone is 1. The lowest BCUT2D eigenvalue weighted by Gasteiger charge is -2.10. The fourth-order valence-electron chi connectivity index (χ4n) is 3.11. The van der Waals surface area contributed by atoms with Crippen molar-refractivity contribution >= 4 is 33.3 Å². The number of H-pyrrole nitrogens is 1. The van der Waals surface area contributed by atoms with E-state index in [1.54, 1.807) is 31.4 Å². The lowest BCUT2D eigenvalue weighted by molar-refractivity contribution is 0.414. The van der Waals surface area contributed by atoms with E-state index in [1.807, 2.05) is 42.5 Å². The number of hydrogen-bond acceptors (Lipinski definition) is 4. The van der Waals surface area contributed by atoms with Crippen molar-refractivity contribution in [2.75, 3.05) is 7.11 Å². The normalized spacial score (nSPS) is 11.5. The Bertz CT molecular complexity index is 1300. The molecule has 0 amide bonds. The third-order valence-corrected chi connectivity index (χ3v) is 4.43. The highest BCUT2D eigenvalue weighted by Gasteiger charge is 2.12. The molecule has 0 bridgehead atoms. The summed E-state index contributed by atoms with van der Waals surface area (Å²) in [7, 11) is 1.59. The third kappa shape index (κ3) is 2.94. The number of aromatic nitrogens is 2. The molecule has 0 fully saturated rings. The number of fused-ring (bicyclic) bond motifs is 2. The molecule has 0 aliphatic carbocycles. The Labute approximate surface area is 155 Å². The van der Waals surface area contributed by atoms with Crippen LogP contribution in [0.1, 0.15) is 11.4 Å². The highest BCUT2D eigenvalue weighted by molar-refractivity contribution is 5.99. The van der Waals surface area contributed by atoms with Crippen LogP contribution in [0, 0.1) is 11.3 Å². The number of ether oxygens (including phenoxy) is 1. The van der Waals surface area contributed by atoms with Crippen LogP contribution < -0.4 is 10.3 Å². The van der Waals surface area contributed by atoms with E-state index in [4.69, 9.17) is 4.74 Å². The summed E-state index contributed by atoms with van der Waals surface area (Å²) in [6.45, 7) is 0. The quantitative estimate of drug-likeness (QED) is 0.561. The van der Waals surface area contributed by atoms with E-state index < -0.39 is 0 Å². The average Bonchev–Trinajstić information content (AvgIpc) is 2.71. The molecule has 0 aliphatic rings. The summed E-state index contributed by atoms with van der Waals surface area (Å²) < 4.78 is 5.48. The van der Waals surface area contributed by atoms with Crippen LogP contribution in [0.15, 0.2) is 65.5 Å². The van der Waals surface area contributed by atoms with E-state index in [9.17, 15) is 10.1 Å². The number of nitrogens with one attached hydrogen (secondary N) is 1. The Morgan fingerprint density at radius 2 is 1.81 bits per heavy atom. The summed E-state index contributed by atoms with van der Waals surface area (Å²) in [4.78, 5) is 19.5. The highest BCUT2D eigenvalue weighted by atomic mass is 16.5. The van der Waals surface area contributed by atoms with Gasteiger partial charge in [-0.05, 0) is 35.0 Å². The SMILES string of the molecule is COc1ccc2ccccc2c1/C=C(\C#N)c1nc2ccccc2c(=O)[nH]1. The smallest absolute Gasteiger partial charge is 0.259 e. The van der Waals surface area contributed by atoms with E-state index in [0.29, 0.717) is 16.7 Å². The maximum absolute atomic E-state index is 12.4. The first kappa shape index (κ1) is 16.6. The molecule has 0 aliphatic heterocycles. The molecule has 3 aromatic carbocycles. The van der Waals surface area contributed by atoms with E-state index in [0.717, 1.165) is 16.3 Å². The van der Waals surface area contributed by atoms with Gasteiger partial charge in [-0.15, -0.1) is 0 Å². The number of nitrogens with zero attached hydrogens (tertiary/aromatic N) is 2. The zero-order valence-electron chi connectivity index (χ0n) is 14.6. The molecule has 27 heavy (non-hydrogen) atoms. The van der Waals surface area contributed by atoms with E-state index in [1.165, 1.54) is 0 Å². The number of nitriles is 1. The Morgan fingerprint density at radius 1 is 1.07 bits per heavy atom. The number of rotatable bonds is 3. The fourth-order valence-corrected chi connectivity index (χ4v) is 3.11. The van der Waals surface area contributed by atoms with Gasteiger partial charge < -0.3 is 9.72 Å². The second kappa shape index (κ2) is 6.77. The summed E-state index contributed by atoms with van der Waals surface area (Å²) in [6.07, 6.45) is 1.70. The van der Waals surface area contributed by atoms with Gasteiger partial charge in [-0.3, -0.25) is 4.79 Å². The van der Waals surface area contributed by atoms with E-state index in [2.05, 4.69) is 16.0 Å². The summed E-state index contributed by atoms with van der Waals surface area (Å²) >= 11 is 0. The molecule has 0 spiro atoms. The molecule has 0 unspecified atom stereocenters. The fraction of sp³-hybridized carbons (Fsp3) is 0.0455. The van der Waals surface area contributed by atoms with Gasteiger partial charge in [0, 0.05) is 5.56 Å². The molecule has 5 heteroatoms. The van der Waals surface area contributed by atoms with Crippen LogP contribution in [0.3, 0.4) is 0 Å². The maximum Gasteiger partial charge on any atom is 0.259 e. The van der Waals surface area contributed by atoms with Gasteiger partial charge in [0.1, 0.15) is 11.8 Å². The van der Waals surface area contributed by atoms with Crippen molar-refractivity contribution in [2.24, 2.45) is 0 Å². The average molecular weight is 353 g/mol. The number of para-hydroxylation sites is 1. The first-order valence-corrected chi connectivity index (χ1v) is 8.38. The summed E-state index contributed by atoms with van der Waals surface area (Å²) in [5, 5.41) is 12.2. The van der Waals surface area contributed by atoms with Gasteiger partial charge in [0.05, 0.1) is 23.6 Å². The van der Waals surface area contributed by atoms with Crippen molar-refractivity contribution in [3.63, 3.8) is 0 Å². The molecule has 0 atom stereocenters. The van der Waals surface area contributed by atoms with Crippen LogP contribution in [0.25, 0.3) is 33.3 Å². The number of benzene rings is 3. The standard InChI is InChI=1S/C22H15N3O2/c1-27-20-11-10-14-6-2-3-7-16(14)18(20)12-15(13-23)21-24-19-9-5-4-8-17(19)22(26)25-21/h2-12H,1H3,(H,24,25,26)/b15-12+. The van der Waals surface area contributed by atoms with Crippen molar-refractivity contribution in [1.82, 2.24) is 9.97 Å². The van der Waals surface area contributed by atoms with Gasteiger partial charge in [-0.25, -0.2) is 4.98 Å². The highest BCUT2D eigenvalue weighted by Crippen LogP contribution is 2.31. The van der Waals surface area contributed by atoms with Gasteiger partial charge in [0.15, 0.2) is 5.82 Å². The first-order chi connectivity index (χ1) is 13.2. The number of aromatic amines is 1. The number of hydrogen-bond donors (Lipinski definition) is 1. The van der Waals surface area contributed by atoms with Crippen molar-refractivity contribution in [2.45, 2.75) is 0 Å². The predicted molar refractivity (Wildman–Crippen MR) is 106 cm³/mol. The zero-order valence-corrected chi connectivity index (χ0v) is 14.6. The third-order valence-electron chi connectivity index (χ3n) is 4.43. The van der Waals surface area contributed by atoms with Crippen LogP contribution in [0.5, 0.6) is 5.75 Å². The van der Waals surface area contributed by atoms with E-state index in [-0.39, 0.29) is 17.0 Å². The topological polar surface area (TPSA) is 78.8 Å². The largest absolute Gasteiger partial charge is 0.496 e. The Hall–Kier alpha value is -3.91. The van der Waals surface area contributed by atoms with Crippen molar-refractivity contribution < 1.29 is 4.74 Å². The molecule has 1 N–H and O–H groups in total. The Kier molecular flexibility index (Phi) is 4.15. The molecule has 1 aromatic heterocycles. The molecule has 4 aromatic rings. The van der Waals surface area contributed by atoms with E-state index >= 15 is 0 Å². The second-order valence-corrected chi connectivity index (χ2v) is 6.00. The molecule has 5 nitrogen and oxygen atoms in total. The molecule has 0 radical (unpaired) electrons. The number of methoxy groups -OCH3 is 1. The first-order valence-electron chi connectivity index (χ1n) is 8.38. The van der Waals surface area contributed by atoms with Crippen LogP contribution in [0.4, 0.5) is 0 Å². The second-order valence-electron chi connectivity index (χ2n) is 6.00. The summed E-state index contributed by atoms with van der Waals surface area (Å²) in [6, 6.07) is 20.9. The monoisotopic (exact) mass is 353 g/mol. The van der Waals surface area contributed by atoms with Crippen molar-refractivity contribution in [3.8, 4) is 11.8 Å². The summed E-state index contributed by atoms with van der Waals surface area (Å²) in [5.74, 6) is 0.876. The molecule has 130 valence electrons.